The van der Waals surface area contributed by atoms with E-state index in [0.29, 0.717) is 5.92 Å². The summed E-state index contributed by atoms with van der Waals surface area (Å²) in [7, 11) is 0. The van der Waals surface area contributed by atoms with Crippen molar-refractivity contribution >= 4 is 11.6 Å². The van der Waals surface area contributed by atoms with Crippen LogP contribution in [-0.2, 0) is 4.74 Å². The maximum absolute atomic E-state index is 5.52. The zero-order valence-electron chi connectivity index (χ0n) is 13.9. The van der Waals surface area contributed by atoms with Crippen LogP contribution in [0.1, 0.15) is 57.8 Å². The van der Waals surface area contributed by atoms with Crippen LogP contribution in [0.25, 0.3) is 0 Å². The van der Waals surface area contributed by atoms with Crippen molar-refractivity contribution in [2.45, 2.75) is 58.9 Å². The summed E-state index contributed by atoms with van der Waals surface area (Å²) < 4.78 is 5.52. The van der Waals surface area contributed by atoms with E-state index in [9.17, 15) is 0 Å². The van der Waals surface area contributed by atoms with Crippen LogP contribution in [0.2, 0.25) is 0 Å². The van der Waals surface area contributed by atoms with Crippen LogP contribution in [0.15, 0.2) is 0 Å². The fourth-order valence-corrected chi connectivity index (χ4v) is 2.38. The van der Waals surface area contributed by atoms with E-state index in [0.717, 1.165) is 55.6 Å². The predicted octanol–water partition coefficient (Wildman–Crippen LogP) is 3.32. The Hall–Kier alpha value is -1.36. The molecular weight excluding hydrogens is 264 g/mol. The summed E-state index contributed by atoms with van der Waals surface area (Å²) in [6, 6.07) is 0. The zero-order chi connectivity index (χ0) is 15.5. The second-order valence-electron chi connectivity index (χ2n) is 6.47. The summed E-state index contributed by atoms with van der Waals surface area (Å²) in [6.45, 7) is 13.1. The molecule has 0 spiro atoms. The summed E-state index contributed by atoms with van der Waals surface area (Å²) >= 11 is 0. The van der Waals surface area contributed by atoms with Gasteiger partial charge in [-0.15, -0.1) is 0 Å². The van der Waals surface area contributed by atoms with Crippen molar-refractivity contribution < 1.29 is 4.74 Å². The number of anilines is 2. The minimum atomic E-state index is -0.0324. The molecule has 0 radical (unpaired) electrons. The summed E-state index contributed by atoms with van der Waals surface area (Å²) in [5.74, 6) is 3.06. The fraction of sp³-hybridized carbons (Fsp3) is 0.750. The molecule has 1 aliphatic rings. The van der Waals surface area contributed by atoms with Gasteiger partial charge in [0, 0.05) is 24.6 Å². The van der Waals surface area contributed by atoms with Gasteiger partial charge >= 0.3 is 0 Å². The minimum absolute atomic E-state index is 0.0324. The molecule has 5 heteroatoms. The third-order valence-corrected chi connectivity index (χ3v) is 3.86. The Morgan fingerprint density at radius 1 is 1.29 bits per heavy atom. The van der Waals surface area contributed by atoms with Gasteiger partial charge in [0.05, 0.1) is 12.1 Å². The lowest BCUT2D eigenvalue weighted by molar-refractivity contribution is 0.185. The van der Waals surface area contributed by atoms with Gasteiger partial charge in [0.15, 0.2) is 0 Å². The molecule has 5 nitrogen and oxygen atoms in total. The van der Waals surface area contributed by atoms with Gasteiger partial charge in [0.25, 0.3) is 0 Å². The third-order valence-electron chi connectivity index (χ3n) is 3.86. The quantitative estimate of drug-likeness (QED) is 0.842. The van der Waals surface area contributed by atoms with E-state index in [2.05, 4.69) is 50.2 Å². The molecule has 21 heavy (non-hydrogen) atoms. The van der Waals surface area contributed by atoms with E-state index in [1.54, 1.807) is 0 Å². The molecule has 0 aromatic carbocycles. The zero-order valence-corrected chi connectivity index (χ0v) is 13.9. The lowest BCUT2D eigenvalue weighted by Crippen LogP contribution is -2.36. The molecule has 1 aliphatic heterocycles. The topological polar surface area (TPSA) is 59.1 Å². The molecule has 2 heterocycles. The Balaban J connectivity index is 2.31. The lowest BCUT2D eigenvalue weighted by Gasteiger charge is -2.26. The fourth-order valence-electron chi connectivity index (χ4n) is 2.38. The van der Waals surface area contributed by atoms with Crippen molar-refractivity contribution in [3.63, 3.8) is 0 Å². The molecule has 0 saturated carbocycles. The number of rotatable bonds is 6. The van der Waals surface area contributed by atoms with Gasteiger partial charge in [-0.25, -0.2) is 9.97 Å². The number of aromatic nitrogens is 2. The molecule has 2 N–H and O–H groups in total. The van der Waals surface area contributed by atoms with E-state index in [-0.39, 0.29) is 5.54 Å². The van der Waals surface area contributed by atoms with Crippen LogP contribution in [0.3, 0.4) is 0 Å². The summed E-state index contributed by atoms with van der Waals surface area (Å²) in [4.78, 5) is 9.41. The van der Waals surface area contributed by atoms with E-state index in [1.165, 1.54) is 0 Å². The summed E-state index contributed by atoms with van der Waals surface area (Å²) in [6.07, 6.45) is 2.08. The van der Waals surface area contributed by atoms with Crippen LogP contribution in [0.5, 0.6) is 0 Å². The predicted molar refractivity (Wildman–Crippen MR) is 87.1 cm³/mol. The Kier molecular flexibility index (Phi) is 5.04. The Morgan fingerprint density at radius 2 is 2.00 bits per heavy atom. The van der Waals surface area contributed by atoms with Crippen molar-refractivity contribution in [3.05, 3.63) is 11.4 Å². The Bertz CT molecular complexity index is 481. The van der Waals surface area contributed by atoms with E-state index < -0.39 is 0 Å². The molecular formula is C16H28N4O. The van der Waals surface area contributed by atoms with Crippen molar-refractivity contribution in [1.29, 1.82) is 0 Å². The SMILES string of the molecule is CCCNc1nc(C(C)C)nc(NC2(C)CCOC2)c1C. The molecule has 2 rings (SSSR count). The van der Waals surface area contributed by atoms with Crippen LogP contribution >= 0.6 is 0 Å². The highest BCUT2D eigenvalue weighted by Gasteiger charge is 2.31. The molecule has 1 aromatic heterocycles. The largest absolute Gasteiger partial charge is 0.379 e. The van der Waals surface area contributed by atoms with Crippen LogP contribution < -0.4 is 10.6 Å². The molecule has 1 aromatic rings. The van der Waals surface area contributed by atoms with Crippen LogP contribution in [-0.4, -0.2) is 35.3 Å². The first kappa shape index (κ1) is 16.0. The standard InChI is InChI=1S/C16H28N4O/c1-6-8-17-14-12(4)15(19-13(18-14)11(2)3)20-16(5)7-9-21-10-16/h11H,6-10H2,1-5H3,(H2,17,18,19,20). The molecule has 118 valence electrons. The first-order chi connectivity index (χ1) is 9.95. The molecule has 1 saturated heterocycles. The summed E-state index contributed by atoms with van der Waals surface area (Å²) in [5, 5.41) is 6.99. The maximum Gasteiger partial charge on any atom is 0.135 e. The molecule has 1 unspecified atom stereocenters. The number of ether oxygens (including phenoxy) is 1. The number of hydrogen-bond acceptors (Lipinski definition) is 5. The van der Waals surface area contributed by atoms with Crippen molar-refractivity contribution in [3.8, 4) is 0 Å². The number of hydrogen-bond donors (Lipinski definition) is 2. The van der Waals surface area contributed by atoms with Gasteiger partial charge in [-0.3, -0.25) is 0 Å². The van der Waals surface area contributed by atoms with E-state index >= 15 is 0 Å². The highest BCUT2D eigenvalue weighted by Crippen LogP contribution is 2.28. The first-order valence-electron chi connectivity index (χ1n) is 7.93. The van der Waals surface area contributed by atoms with Gasteiger partial charge in [-0.2, -0.15) is 0 Å². The molecule has 0 bridgehead atoms. The third kappa shape index (κ3) is 3.84. The van der Waals surface area contributed by atoms with Gasteiger partial charge in [-0.1, -0.05) is 20.8 Å². The lowest BCUT2D eigenvalue weighted by atomic mass is 10.0. The Morgan fingerprint density at radius 3 is 2.57 bits per heavy atom. The van der Waals surface area contributed by atoms with E-state index in [1.807, 2.05) is 0 Å². The molecule has 0 amide bonds. The second kappa shape index (κ2) is 6.60. The van der Waals surface area contributed by atoms with Crippen molar-refractivity contribution in [1.82, 2.24) is 9.97 Å². The van der Waals surface area contributed by atoms with Gasteiger partial charge in [0.2, 0.25) is 0 Å². The second-order valence-corrected chi connectivity index (χ2v) is 6.47. The van der Waals surface area contributed by atoms with Gasteiger partial charge in [0.1, 0.15) is 17.5 Å². The van der Waals surface area contributed by atoms with Crippen LogP contribution in [0.4, 0.5) is 11.6 Å². The molecule has 1 atom stereocenters. The van der Waals surface area contributed by atoms with Crippen molar-refractivity contribution in [2.75, 3.05) is 30.4 Å². The highest BCUT2D eigenvalue weighted by atomic mass is 16.5. The monoisotopic (exact) mass is 292 g/mol. The van der Waals surface area contributed by atoms with Gasteiger partial charge < -0.3 is 15.4 Å². The van der Waals surface area contributed by atoms with E-state index in [4.69, 9.17) is 9.72 Å². The average molecular weight is 292 g/mol. The highest BCUT2D eigenvalue weighted by molar-refractivity contribution is 5.58. The minimum Gasteiger partial charge on any atom is -0.379 e. The number of nitrogens with zero attached hydrogens (tertiary/aromatic N) is 2. The smallest absolute Gasteiger partial charge is 0.135 e. The molecule has 0 aliphatic carbocycles. The van der Waals surface area contributed by atoms with Crippen LogP contribution in [0, 0.1) is 6.92 Å². The first-order valence-corrected chi connectivity index (χ1v) is 7.93. The maximum atomic E-state index is 5.52. The van der Waals surface area contributed by atoms with Gasteiger partial charge in [-0.05, 0) is 26.7 Å². The average Bonchev–Trinajstić information content (AvgIpc) is 2.86. The Labute approximate surface area is 127 Å². The number of nitrogens with one attached hydrogen (secondary N) is 2. The summed E-state index contributed by atoms with van der Waals surface area (Å²) in [5.41, 5.74) is 1.05. The normalized spacial score (nSPS) is 21.8. The van der Waals surface area contributed by atoms with Crippen molar-refractivity contribution in [2.24, 2.45) is 0 Å². The molecule has 1 fully saturated rings.